The molecule has 1 heterocycles. The zero-order valence-corrected chi connectivity index (χ0v) is 4.53. The van der Waals surface area contributed by atoms with Crippen LogP contribution in [0.15, 0.2) is 4.99 Å². The van der Waals surface area contributed by atoms with Gasteiger partial charge in [0.25, 0.3) is 0 Å². The molecule has 0 saturated heterocycles. The van der Waals surface area contributed by atoms with Gasteiger partial charge in [-0.1, -0.05) is 0 Å². The highest BCUT2D eigenvalue weighted by molar-refractivity contribution is 5.98. The smallest absolute Gasteiger partial charge is 0.343 e. The van der Waals surface area contributed by atoms with Crippen LogP contribution in [0.5, 0.6) is 0 Å². The van der Waals surface area contributed by atoms with Gasteiger partial charge in [-0.05, 0) is 0 Å². The van der Waals surface area contributed by atoms with Crippen LogP contribution in [0.1, 0.15) is 0 Å². The van der Waals surface area contributed by atoms with Crippen molar-refractivity contribution >= 4 is 11.9 Å². The Kier molecular flexibility index (Phi) is 1.35. The third-order valence-electron chi connectivity index (χ3n) is 0.898. The maximum absolute atomic E-state index is 10.3. The van der Waals surface area contributed by atoms with E-state index in [1.54, 1.807) is 0 Å². The Hall–Kier alpha value is -1.10. The van der Waals surface area contributed by atoms with Crippen molar-refractivity contribution in [1.82, 2.24) is 5.32 Å². The lowest BCUT2D eigenvalue weighted by Crippen LogP contribution is -2.41. The van der Waals surface area contributed by atoms with Crippen molar-refractivity contribution in [2.75, 3.05) is 0 Å². The van der Waals surface area contributed by atoms with Crippen LogP contribution < -0.4 is 11.1 Å². The normalized spacial score (nSPS) is 27.0. The fourth-order valence-corrected chi connectivity index (χ4v) is 0.451. The Bertz CT molecular complexity index is 165. The molecule has 49 valence electrons. The van der Waals surface area contributed by atoms with E-state index in [0.717, 1.165) is 0 Å². The molecule has 0 bridgehead atoms. The molecule has 0 saturated carbocycles. The van der Waals surface area contributed by atoms with Crippen LogP contribution in [0, 0.1) is 6.54 Å². The molecule has 1 aliphatic rings. The summed E-state index contributed by atoms with van der Waals surface area (Å²) in [5.74, 6) is -0.0706. The molecule has 0 aliphatic carbocycles. The number of carbonyl (C=O) groups excluding carboxylic acids is 1. The largest absolute Gasteiger partial charge is 0.385 e. The van der Waals surface area contributed by atoms with Crippen LogP contribution in [0.25, 0.3) is 0 Å². The van der Waals surface area contributed by atoms with E-state index < -0.39 is 12.1 Å². The van der Waals surface area contributed by atoms with Gasteiger partial charge in [0, 0.05) is 0 Å². The quantitative estimate of drug-likeness (QED) is 0.374. The maximum atomic E-state index is 10.3. The summed E-state index contributed by atoms with van der Waals surface area (Å²) in [6, 6.07) is -0.544. The first-order valence-corrected chi connectivity index (χ1v) is 2.36. The number of aliphatic hydroxyl groups is 1. The minimum atomic E-state index is -0.942. The number of nitrogens with two attached hydrogens (primary N) is 1. The Morgan fingerprint density at radius 1 is 1.89 bits per heavy atom. The van der Waals surface area contributed by atoms with Crippen LogP contribution >= 0.6 is 0 Å². The number of nitrogens with one attached hydrogen (secondary N) is 1. The average Bonchev–Trinajstić information content (AvgIpc) is 1.80. The Morgan fingerprint density at radius 2 is 2.56 bits per heavy atom. The van der Waals surface area contributed by atoms with E-state index in [-0.39, 0.29) is 5.84 Å². The summed E-state index contributed by atoms with van der Waals surface area (Å²) in [6.07, 6.45) is -0.942. The molecule has 5 nitrogen and oxygen atoms in total. The fourth-order valence-electron chi connectivity index (χ4n) is 0.451. The van der Waals surface area contributed by atoms with Crippen molar-refractivity contribution in [1.29, 1.82) is 0 Å². The lowest BCUT2D eigenvalue weighted by Gasteiger charge is -2.13. The van der Waals surface area contributed by atoms with Gasteiger partial charge in [-0.2, -0.15) is 4.99 Å². The van der Waals surface area contributed by atoms with Gasteiger partial charge in [-0.25, -0.2) is 4.79 Å². The standard InChI is InChI=1S/C4H6N3O2/c5-3-2(8)1-6-4(9)7-3/h1-2,8H,(H3,5,6,7,9). The van der Waals surface area contributed by atoms with Gasteiger partial charge in [-0.15, -0.1) is 0 Å². The number of amides is 2. The molecule has 5 heteroatoms. The number of aliphatic hydroxyl groups excluding tert-OH is 1. The first-order chi connectivity index (χ1) is 4.20. The summed E-state index contributed by atoms with van der Waals surface area (Å²) in [5.41, 5.74) is 5.08. The monoisotopic (exact) mass is 128 g/mol. The van der Waals surface area contributed by atoms with E-state index in [2.05, 4.69) is 10.3 Å². The molecule has 1 aliphatic heterocycles. The molecule has 0 aromatic carbocycles. The van der Waals surface area contributed by atoms with E-state index in [1.807, 2.05) is 0 Å². The van der Waals surface area contributed by atoms with Crippen LogP contribution in [0.3, 0.4) is 0 Å². The van der Waals surface area contributed by atoms with E-state index in [0.29, 0.717) is 0 Å². The van der Waals surface area contributed by atoms with Crippen molar-refractivity contribution in [2.45, 2.75) is 6.10 Å². The zero-order valence-electron chi connectivity index (χ0n) is 4.53. The topological polar surface area (TPSA) is 87.7 Å². The van der Waals surface area contributed by atoms with E-state index in [4.69, 9.17) is 10.8 Å². The summed E-state index contributed by atoms with van der Waals surface area (Å²) in [5, 5.41) is 11.0. The zero-order chi connectivity index (χ0) is 6.85. The first-order valence-electron chi connectivity index (χ1n) is 2.36. The van der Waals surface area contributed by atoms with Crippen LogP contribution in [0.4, 0.5) is 4.79 Å². The Balaban J connectivity index is 2.72. The van der Waals surface area contributed by atoms with Crippen molar-refractivity contribution in [3.8, 4) is 0 Å². The number of rotatable bonds is 0. The van der Waals surface area contributed by atoms with Gasteiger partial charge < -0.3 is 16.2 Å². The summed E-state index contributed by atoms with van der Waals surface area (Å²) in [4.78, 5) is 13.5. The summed E-state index contributed by atoms with van der Waals surface area (Å²) < 4.78 is 0. The van der Waals surface area contributed by atoms with Gasteiger partial charge in [0.05, 0.1) is 6.54 Å². The third kappa shape index (κ3) is 1.17. The van der Waals surface area contributed by atoms with E-state index in [1.165, 1.54) is 6.54 Å². The summed E-state index contributed by atoms with van der Waals surface area (Å²) in [6.45, 7) is 1.17. The number of urea groups is 1. The number of nitrogens with zero attached hydrogens (tertiary/aromatic N) is 1. The molecule has 0 fully saturated rings. The number of hydrogen-bond donors (Lipinski definition) is 3. The average molecular weight is 128 g/mol. The van der Waals surface area contributed by atoms with Gasteiger partial charge >= 0.3 is 6.03 Å². The highest BCUT2D eigenvalue weighted by Crippen LogP contribution is 1.93. The van der Waals surface area contributed by atoms with Crippen LogP contribution in [0.2, 0.25) is 0 Å². The molecule has 4 N–H and O–H groups in total. The third-order valence-corrected chi connectivity index (χ3v) is 0.898. The minimum Gasteiger partial charge on any atom is -0.385 e. The molecular weight excluding hydrogens is 122 g/mol. The highest BCUT2D eigenvalue weighted by atomic mass is 16.3. The molecule has 1 unspecified atom stereocenters. The molecule has 1 atom stereocenters. The lowest BCUT2D eigenvalue weighted by atomic mass is 10.3. The van der Waals surface area contributed by atoms with Gasteiger partial charge in [0.2, 0.25) is 0 Å². The SMILES string of the molecule is NC1=NC(=O)N[CH]C1O. The maximum Gasteiger partial charge on any atom is 0.343 e. The van der Waals surface area contributed by atoms with E-state index in [9.17, 15) is 4.79 Å². The Labute approximate surface area is 51.6 Å². The number of amidine groups is 1. The molecular formula is C4H6N3O2. The first kappa shape index (κ1) is 6.03. The molecule has 1 radical (unpaired) electrons. The number of hydrogen-bond acceptors (Lipinski definition) is 3. The molecule has 0 aromatic rings. The summed E-state index contributed by atoms with van der Waals surface area (Å²) >= 11 is 0. The van der Waals surface area contributed by atoms with Crippen LogP contribution in [-0.2, 0) is 0 Å². The van der Waals surface area contributed by atoms with Crippen molar-refractivity contribution in [2.24, 2.45) is 10.7 Å². The van der Waals surface area contributed by atoms with Gasteiger partial charge in [-0.3, -0.25) is 0 Å². The van der Waals surface area contributed by atoms with Crippen molar-refractivity contribution < 1.29 is 9.90 Å². The van der Waals surface area contributed by atoms with Gasteiger partial charge in [0.1, 0.15) is 11.9 Å². The minimum absolute atomic E-state index is 0.0706. The summed E-state index contributed by atoms with van der Waals surface area (Å²) in [7, 11) is 0. The van der Waals surface area contributed by atoms with Crippen molar-refractivity contribution in [3.63, 3.8) is 0 Å². The fraction of sp³-hybridized carbons (Fsp3) is 0.250. The molecule has 0 aromatic heterocycles. The molecule has 2 amide bonds. The van der Waals surface area contributed by atoms with Gasteiger partial charge in [0.15, 0.2) is 0 Å². The number of carbonyl (C=O) groups is 1. The molecule has 9 heavy (non-hydrogen) atoms. The second kappa shape index (κ2) is 2.02. The molecule has 1 rings (SSSR count). The molecule has 0 spiro atoms. The Morgan fingerprint density at radius 3 is 3.00 bits per heavy atom. The predicted molar refractivity (Wildman–Crippen MR) is 30.5 cm³/mol. The van der Waals surface area contributed by atoms with Crippen LogP contribution in [-0.4, -0.2) is 23.1 Å². The predicted octanol–water partition coefficient (Wildman–Crippen LogP) is -1.41. The lowest BCUT2D eigenvalue weighted by molar-refractivity contribution is 0.232. The number of aliphatic imine (C=N–C) groups is 1. The highest BCUT2D eigenvalue weighted by Gasteiger charge is 2.17. The second-order valence-corrected chi connectivity index (χ2v) is 1.60. The van der Waals surface area contributed by atoms with Crippen molar-refractivity contribution in [3.05, 3.63) is 6.54 Å². The van der Waals surface area contributed by atoms with E-state index >= 15 is 0 Å². The second-order valence-electron chi connectivity index (χ2n) is 1.60.